The highest BCUT2D eigenvalue weighted by molar-refractivity contribution is 5.81. The molecule has 1 aliphatic heterocycles. The molecule has 74 valence electrons. The summed E-state index contributed by atoms with van der Waals surface area (Å²) < 4.78 is 5.45. The number of ether oxygens (including phenoxy) is 1. The van der Waals surface area contributed by atoms with E-state index in [1.165, 1.54) is 11.1 Å². The van der Waals surface area contributed by atoms with Crippen LogP contribution in [0.25, 0.3) is 0 Å². The minimum atomic E-state index is -0.324. The molecule has 0 aromatic heterocycles. The minimum Gasteiger partial charge on any atom is -0.363 e. The first-order valence-electron chi connectivity index (χ1n) is 4.71. The highest BCUT2D eigenvalue weighted by Gasteiger charge is 2.23. The predicted molar refractivity (Wildman–Crippen MR) is 52.8 cm³/mol. The largest absolute Gasteiger partial charge is 0.363 e. The topological polar surface area (TPSA) is 38.3 Å². The van der Waals surface area contributed by atoms with E-state index in [2.05, 4.69) is 5.32 Å². The van der Waals surface area contributed by atoms with Crippen LogP contribution in [0.2, 0.25) is 0 Å². The Bertz CT molecular complexity index is 349. The number of amides is 1. The molecule has 1 aromatic rings. The van der Waals surface area contributed by atoms with E-state index >= 15 is 0 Å². The molecule has 0 spiro atoms. The van der Waals surface area contributed by atoms with Crippen molar-refractivity contribution >= 4 is 5.91 Å². The highest BCUT2D eigenvalue weighted by atomic mass is 16.5. The van der Waals surface area contributed by atoms with E-state index in [0.29, 0.717) is 13.0 Å². The lowest BCUT2D eigenvalue weighted by Gasteiger charge is -2.23. The quantitative estimate of drug-likeness (QED) is 0.715. The summed E-state index contributed by atoms with van der Waals surface area (Å²) in [7, 11) is 1.63. The van der Waals surface area contributed by atoms with E-state index in [1.807, 2.05) is 24.3 Å². The van der Waals surface area contributed by atoms with E-state index in [9.17, 15) is 4.79 Å². The Kier molecular flexibility index (Phi) is 2.50. The van der Waals surface area contributed by atoms with Gasteiger partial charge in [-0.1, -0.05) is 24.3 Å². The first kappa shape index (κ1) is 9.21. The van der Waals surface area contributed by atoms with Gasteiger partial charge in [0.2, 0.25) is 5.91 Å². The number of rotatable bonds is 1. The first-order chi connectivity index (χ1) is 6.81. The van der Waals surface area contributed by atoms with Gasteiger partial charge in [0.25, 0.3) is 0 Å². The van der Waals surface area contributed by atoms with E-state index in [-0.39, 0.29) is 12.0 Å². The average Bonchev–Trinajstić information content (AvgIpc) is 2.27. The normalized spacial score (nSPS) is 19.9. The van der Waals surface area contributed by atoms with Crippen molar-refractivity contribution in [3.8, 4) is 0 Å². The van der Waals surface area contributed by atoms with Gasteiger partial charge in [0.05, 0.1) is 6.61 Å². The molecule has 1 N–H and O–H groups in total. The second-order valence-corrected chi connectivity index (χ2v) is 3.39. The Morgan fingerprint density at radius 1 is 1.43 bits per heavy atom. The molecule has 1 aromatic carbocycles. The van der Waals surface area contributed by atoms with Crippen LogP contribution in [0.4, 0.5) is 0 Å². The second-order valence-electron chi connectivity index (χ2n) is 3.39. The van der Waals surface area contributed by atoms with Crippen LogP contribution >= 0.6 is 0 Å². The molecule has 3 nitrogen and oxygen atoms in total. The van der Waals surface area contributed by atoms with Crippen molar-refractivity contribution in [1.82, 2.24) is 5.32 Å². The molecular formula is C11H13NO2. The van der Waals surface area contributed by atoms with Crippen LogP contribution < -0.4 is 5.32 Å². The van der Waals surface area contributed by atoms with Crippen LogP contribution in [-0.4, -0.2) is 19.1 Å². The molecule has 3 heteroatoms. The number of hydrogen-bond acceptors (Lipinski definition) is 2. The Morgan fingerprint density at radius 2 is 2.14 bits per heavy atom. The van der Waals surface area contributed by atoms with Crippen LogP contribution in [0.5, 0.6) is 0 Å². The van der Waals surface area contributed by atoms with E-state index in [4.69, 9.17) is 4.74 Å². The Labute approximate surface area is 83.1 Å². The molecule has 0 radical (unpaired) electrons. The highest BCUT2D eigenvalue weighted by Crippen LogP contribution is 2.19. The van der Waals surface area contributed by atoms with Crippen LogP contribution in [-0.2, 0) is 22.6 Å². The summed E-state index contributed by atoms with van der Waals surface area (Å²) >= 11 is 0. The Hall–Kier alpha value is -1.35. The van der Waals surface area contributed by atoms with Crippen molar-refractivity contribution in [2.45, 2.75) is 19.1 Å². The van der Waals surface area contributed by atoms with Gasteiger partial charge in [-0.05, 0) is 11.1 Å². The fraction of sp³-hybridized carbons (Fsp3) is 0.364. The lowest BCUT2D eigenvalue weighted by Crippen LogP contribution is -2.37. The molecule has 0 saturated carbocycles. The summed E-state index contributed by atoms with van der Waals surface area (Å²) in [5.41, 5.74) is 2.40. The third-order valence-corrected chi connectivity index (χ3v) is 2.50. The van der Waals surface area contributed by atoms with Crippen molar-refractivity contribution in [2.75, 3.05) is 7.05 Å². The number of nitrogens with one attached hydrogen (secondary N) is 1. The van der Waals surface area contributed by atoms with Gasteiger partial charge in [-0.3, -0.25) is 4.79 Å². The number of carbonyl (C=O) groups excluding carboxylic acids is 1. The summed E-state index contributed by atoms with van der Waals surface area (Å²) in [4.78, 5) is 11.3. The number of benzene rings is 1. The molecule has 1 amide bonds. The second kappa shape index (κ2) is 3.80. The summed E-state index contributed by atoms with van der Waals surface area (Å²) in [6.07, 6.45) is 0.352. The van der Waals surface area contributed by atoms with Crippen molar-refractivity contribution in [3.05, 3.63) is 35.4 Å². The zero-order chi connectivity index (χ0) is 9.97. The maximum absolute atomic E-state index is 11.3. The maximum Gasteiger partial charge on any atom is 0.249 e. The fourth-order valence-electron chi connectivity index (χ4n) is 1.68. The van der Waals surface area contributed by atoms with E-state index in [1.54, 1.807) is 7.05 Å². The van der Waals surface area contributed by atoms with Gasteiger partial charge in [0.15, 0.2) is 0 Å². The molecule has 2 rings (SSSR count). The smallest absolute Gasteiger partial charge is 0.249 e. The van der Waals surface area contributed by atoms with Gasteiger partial charge in [-0.2, -0.15) is 0 Å². The number of fused-ring (bicyclic) bond motifs is 1. The van der Waals surface area contributed by atoms with Gasteiger partial charge < -0.3 is 10.1 Å². The molecule has 0 fully saturated rings. The van der Waals surface area contributed by atoms with Crippen molar-refractivity contribution < 1.29 is 9.53 Å². The third-order valence-electron chi connectivity index (χ3n) is 2.50. The molecule has 0 saturated heterocycles. The molecule has 14 heavy (non-hydrogen) atoms. The summed E-state index contributed by atoms with van der Waals surface area (Å²) in [6.45, 7) is 0.536. The van der Waals surface area contributed by atoms with Crippen molar-refractivity contribution in [1.29, 1.82) is 0 Å². The van der Waals surface area contributed by atoms with Gasteiger partial charge in [0, 0.05) is 13.5 Å². The monoisotopic (exact) mass is 191 g/mol. The molecule has 1 heterocycles. The van der Waals surface area contributed by atoms with E-state index < -0.39 is 0 Å². The summed E-state index contributed by atoms with van der Waals surface area (Å²) in [5, 5.41) is 2.60. The van der Waals surface area contributed by atoms with Gasteiger partial charge in [-0.25, -0.2) is 0 Å². The third kappa shape index (κ3) is 1.63. The zero-order valence-electron chi connectivity index (χ0n) is 8.12. The zero-order valence-corrected chi connectivity index (χ0v) is 8.12. The predicted octanol–water partition coefficient (Wildman–Crippen LogP) is 0.874. The van der Waals surface area contributed by atoms with Crippen molar-refractivity contribution in [3.63, 3.8) is 0 Å². The molecule has 0 bridgehead atoms. The molecular weight excluding hydrogens is 178 g/mol. The van der Waals surface area contributed by atoms with Gasteiger partial charge in [0.1, 0.15) is 6.10 Å². The Morgan fingerprint density at radius 3 is 2.86 bits per heavy atom. The van der Waals surface area contributed by atoms with Gasteiger partial charge >= 0.3 is 0 Å². The number of hydrogen-bond donors (Lipinski definition) is 1. The average molecular weight is 191 g/mol. The lowest BCUT2D eigenvalue weighted by molar-refractivity contribution is -0.133. The van der Waals surface area contributed by atoms with Crippen LogP contribution in [0.1, 0.15) is 11.1 Å². The van der Waals surface area contributed by atoms with E-state index in [0.717, 1.165) is 0 Å². The molecule has 0 unspecified atom stereocenters. The van der Waals surface area contributed by atoms with Crippen molar-refractivity contribution in [2.24, 2.45) is 0 Å². The number of likely N-dealkylation sites (N-methyl/N-ethyl adjacent to an activating group) is 1. The summed E-state index contributed by atoms with van der Waals surface area (Å²) in [6, 6.07) is 8.07. The lowest BCUT2D eigenvalue weighted by atomic mass is 9.99. The number of carbonyl (C=O) groups is 1. The van der Waals surface area contributed by atoms with Crippen LogP contribution in [0.15, 0.2) is 24.3 Å². The standard InChI is InChI=1S/C11H13NO2/c1-12-11(13)10-6-8-4-2-3-5-9(8)7-14-10/h2-5,10H,6-7H2,1H3,(H,12,13)/t10-/m1/s1. The minimum absolute atomic E-state index is 0.0421. The summed E-state index contributed by atoms with van der Waals surface area (Å²) in [5.74, 6) is -0.0421. The molecule has 1 aliphatic rings. The van der Waals surface area contributed by atoms with Crippen LogP contribution in [0.3, 0.4) is 0 Å². The molecule has 1 atom stereocenters. The molecule has 0 aliphatic carbocycles. The maximum atomic E-state index is 11.3. The fourth-order valence-corrected chi connectivity index (χ4v) is 1.68. The first-order valence-corrected chi connectivity index (χ1v) is 4.71. The SMILES string of the molecule is CNC(=O)[C@H]1Cc2ccccc2CO1. The van der Waals surface area contributed by atoms with Gasteiger partial charge in [-0.15, -0.1) is 0 Å². The van der Waals surface area contributed by atoms with Crippen LogP contribution in [0, 0.1) is 0 Å². The Balaban J connectivity index is 2.17.